The molecule has 0 aromatic carbocycles. The van der Waals surface area contributed by atoms with Gasteiger partial charge in [-0.05, 0) is 130 Å². The van der Waals surface area contributed by atoms with Gasteiger partial charge < -0.3 is 10.2 Å². The predicted molar refractivity (Wildman–Crippen MR) is 137 cm³/mol. The first-order valence-corrected chi connectivity index (χ1v) is 14.5. The molecular weight excluding hydrogens is 392 g/mol. The fraction of sp³-hybridized carbons (Fsp3) is 1.00. The van der Waals surface area contributed by atoms with Crippen LogP contribution in [-0.2, 0) is 0 Å². The number of hydrogen-bond donors (Lipinski definition) is 2. The average molecular weight is 449 g/mol. The van der Waals surface area contributed by atoms with Crippen LogP contribution in [0.3, 0.4) is 0 Å². The third kappa shape index (κ3) is 5.12. The van der Waals surface area contributed by atoms with Crippen molar-refractivity contribution < 1.29 is 10.2 Å². The van der Waals surface area contributed by atoms with E-state index < -0.39 is 5.60 Å². The molecule has 0 aromatic heterocycles. The third-order valence-corrected chi connectivity index (χ3v) is 11.3. The van der Waals surface area contributed by atoms with Crippen LogP contribution in [0.4, 0.5) is 0 Å². The van der Waals surface area contributed by atoms with Crippen molar-refractivity contribution in [3.8, 4) is 0 Å². The number of hydrogen-bond acceptors (Lipinski definition) is 2. The Bertz CT molecular complexity index is 585. The lowest BCUT2D eigenvalue weighted by Crippen LogP contribution is -2.55. The first-order chi connectivity index (χ1) is 15.2. The van der Waals surface area contributed by atoms with Crippen molar-refractivity contribution in [3.05, 3.63) is 0 Å². The van der Waals surface area contributed by atoms with Gasteiger partial charge in [0.1, 0.15) is 0 Å². The van der Waals surface area contributed by atoms with Crippen LogP contribution in [0.25, 0.3) is 0 Å². The SMILES string of the molecule is CC.CC(CCCO)CCCC1CC[C@H]2C3CCC4C[C@@](C)(O)CCC4(C)C3CCC12C. The van der Waals surface area contributed by atoms with Gasteiger partial charge in [0.15, 0.2) is 0 Å². The summed E-state index contributed by atoms with van der Waals surface area (Å²) in [5.41, 5.74) is 0.679. The molecule has 188 valence electrons. The van der Waals surface area contributed by atoms with Gasteiger partial charge in [0.05, 0.1) is 5.60 Å². The second kappa shape index (κ2) is 10.7. The average Bonchev–Trinajstić information content (AvgIpc) is 3.10. The molecule has 4 aliphatic carbocycles. The molecule has 7 unspecified atom stereocenters. The minimum absolute atomic E-state index is 0.354. The molecule has 4 aliphatic rings. The highest BCUT2D eigenvalue weighted by molar-refractivity contribution is 5.10. The normalized spacial score (nSPS) is 46.3. The van der Waals surface area contributed by atoms with Gasteiger partial charge in [-0.15, -0.1) is 0 Å². The summed E-state index contributed by atoms with van der Waals surface area (Å²) in [7, 11) is 0. The Balaban J connectivity index is 0.00000141. The van der Waals surface area contributed by atoms with E-state index in [2.05, 4.69) is 27.7 Å². The zero-order valence-corrected chi connectivity index (χ0v) is 22.5. The summed E-state index contributed by atoms with van der Waals surface area (Å²) in [5, 5.41) is 19.8. The Labute approximate surface area is 200 Å². The zero-order valence-electron chi connectivity index (χ0n) is 22.5. The summed E-state index contributed by atoms with van der Waals surface area (Å²) < 4.78 is 0. The summed E-state index contributed by atoms with van der Waals surface area (Å²) in [6.07, 6.45) is 18.4. The molecule has 0 spiro atoms. The molecule has 0 amide bonds. The molecule has 2 N–H and O–H groups in total. The van der Waals surface area contributed by atoms with E-state index in [9.17, 15) is 5.11 Å². The minimum atomic E-state index is -0.410. The van der Waals surface area contributed by atoms with E-state index in [4.69, 9.17) is 5.11 Å². The maximum atomic E-state index is 10.7. The molecule has 0 heterocycles. The van der Waals surface area contributed by atoms with Crippen LogP contribution in [-0.4, -0.2) is 22.4 Å². The van der Waals surface area contributed by atoms with E-state index >= 15 is 0 Å². The van der Waals surface area contributed by atoms with Crippen LogP contribution in [0.2, 0.25) is 0 Å². The number of fused-ring (bicyclic) bond motifs is 5. The highest BCUT2D eigenvalue weighted by atomic mass is 16.3. The Morgan fingerprint density at radius 1 is 0.812 bits per heavy atom. The number of aliphatic hydroxyl groups is 2. The van der Waals surface area contributed by atoms with Crippen LogP contribution in [0, 0.1) is 46.3 Å². The van der Waals surface area contributed by atoms with Gasteiger partial charge >= 0.3 is 0 Å². The Kier molecular flexibility index (Phi) is 8.85. The maximum Gasteiger partial charge on any atom is 0.0622 e. The Morgan fingerprint density at radius 3 is 2.22 bits per heavy atom. The van der Waals surface area contributed by atoms with Crippen LogP contribution in [0.15, 0.2) is 0 Å². The van der Waals surface area contributed by atoms with Crippen molar-refractivity contribution >= 4 is 0 Å². The van der Waals surface area contributed by atoms with Crippen LogP contribution in [0.5, 0.6) is 0 Å². The number of aliphatic hydroxyl groups excluding tert-OH is 1. The lowest BCUT2D eigenvalue weighted by atomic mass is 9.44. The maximum absolute atomic E-state index is 10.7. The Morgan fingerprint density at radius 2 is 1.50 bits per heavy atom. The monoisotopic (exact) mass is 448 g/mol. The van der Waals surface area contributed by atoms with Gasteiger partial charge in [0, 0.05) is 6.61 Å². The van der Waals surface area contributed by atoms with E-state index in [1.54, 1.807) is 0 Å². The molecule has 4 fully saturated rings. The molecule has 32 heavy (non-hydrogen) atoms. The first-order valence-electron chi connectivity index (χ1n) is 14.5. The van der Waals surface area contributed by atoms with E-state index in [0.717, 1.165) is 54.8 Å². The molecule has 4 saturated carbocycles. The van der Waals surface area contributed by atoms with Crippen molar-refractivity contribution in [2.45, 2.75) is 137 Å². The fourth-order valence-electron chi connectivity index (χ4n) is 9.31. The molecule has 4 rings (SSSR count). The Hall–Kier alpha value is -0.0800. The molecular formula is C30H56O2. The van der Waals surface area contributed by atoms with Gasteiger partial charge in [-0.3, -0.25) is 0 Å². The van der Waals surface area contributed by atoms with Crippen LogP contribution in [0.1, 0.15) is 131 Å². The lowest BCUT2D eigenvalue weighted by molar-refractivity contribution is -0.146. The van der Waals surface area contributed by atoms with Crippen molar-refractivity contribution in [2.75, 3.05) is 6.61 Å². The van der Waals surface area contributed by atoms with Gasteiger partial charge in [-0.25, -0.2) is 0 Å². The predicted octanol–water partition coefficient (Wildman–Crippen LogP) is 8.00. The van der Waals surface area contributed by atoms with E-state index in [-0.39, 0.29) is 0 Å². The lowest BCUT2D eigenvalue weighted by Gasteiger charge is -2.62. The summed E-state index contributed by atoms with van der Waals surface area (Å²) in [6.45, 7) is 14.1. The molecule has 0 radical (unpaired) electrons. The van der Waals surface area contributed by atoms with Crippen molar-refractivity contribution in [1.29, 1.82) is 0 Å². The highest BCUT2D eigenvalue weighted by Crippen LogP contribution is 2.68. The molecule has 0 saturated heterocycles. The third-order valence-electron chi connectivity index (χ3n) is 11.3. The van der Waals surface area contributed by atoms with Crippen molar-refractivity contribution in [2.24, 2.45) is 46.3 Å². The molecule has 0 bridgehead atoms. The largest absolute Gasteiger partial charge is 0.396 e. The summed E-state index contributed by atoms with van der Waals surface area (Å²) in [6, 6.07) is 0. The quantitative estimate of drug-likeness (QED) is 0.414. The molecule has 0 aromatic rings. The topological polar surface area (TPSA) is 40.5 Å². The minimum Gasteiger partial charge on any atom is -0.396 e. The van der Waals surface area contributed by atoms with Gasteiger partial charge in [-0.2, -0.15) is 0 Å². The first kappa shape index (κ1) is 26.5. The van der Waals surface area contributed by atoms with Gasteiger partial charge in [0.25, 0.3) is 0 Å². The zero-order chi connectivity index (χ0) is 23.6. The van der Waals surface area contributed by atoms with Crippen molar-refractivity contribution in [3.63, 3.8) is 0 Å². The molecule has 2 nitrogen and oxygen atoms in total. The standard InChI is InChI=1S/C28H50O2.C2H6/c1-20(8-6-18-29)7-5-9-21-11-13-24-23-12-10-22-19-26(2,30)16-17-28(22,4)25(23)14-15-27(21,24)3;1-2/h20-25,29-30H,5-19H2,1-4H3;1-2H3/t20?,21?,22?,23?,24-,25?,26-,27?,28?;/m0./s1. The van der Waals surface area contributed by atoms with Crippen molar-refractivity contribution in [1.82, 2.24) is 0 Å². The molecule has 0 aliphatic heterocycles. The van der Waals surface area contributed by atoms with E-state index in [1.165, 1.54) is 70.6 Å². The molecule has 9 atom stereocenters. The highest BCUT2D eigenvalue weighted by Gasteiger charge is 2.60. The fourth-order valence-corrected chi connectivity index (χ4v) is 9.31. The second-order valence-electron chi connectivity index (χ2n) is 13.1. The summed E-state index contributed by atoms with van der Waals surface area (Å²) >= 11 is 0. The summed E-state index contributed by atoms with van der Waals surface area (Å²) in [4.78, 5) is 0. The van der Waals surface area contributed by atoms with Gasteiger partial charge in [0.2, 0.25) is 0 Å². The molecule has 2 heteroatoms. The van der Waals surface area contributed by atoms with Gasteiger partial charge in [-0.1, -0.05) is 47.5 Å². The summed E-state index contributed by atoms with van der Waals surface area (Å²) in [5.74, 6) is 5.32. The second-order valence-corrected chi connectivity index (χ2v) is 13.1. The van der Waals surface area contributed by atoms with Crippen LogP contribution >= 0.6 is 0 Å². The number of rotatable bonds is 7. The smallest absolute Gasteiger partial charge is 0.0622 e. The van der Waals surface area contributed by atoms with Crippen LogP contribution < -0.4 is 0 Å². The van der Waals surface area contributed by atoms with E-state index in [0.29, 0.717) is 17.4 Å². The van der Waals surface area contributed by atoms with E-state index in [1.807, 2.05) is 13.8 Å².